The molecule has 21 heavy (non-hydrogen) atoms. The summed E-state index contributed by atoms with van der Waals surface area (Å²) < 4.78 is 0. The minimum absolute atomic E-state index is 0.436. The Morgan fingerprint density at radius 3 is 2.38 bits per heavy atom. The molecule has 2 aromatic carbocycles. The van der Waals surface area contributed by atoms with Crippen molar-refractivity contribution >= 4 is 22.5 Å². The van der Waals surface area contributed by atoms with Crippen LogP contribution in [0.5, 0.6) is 0 Å². The first kappa shape index (κ1) is 16.4. The molecule has 0 aliphatic heterocycles. The molecule has 2 atom stereocenters. The van der Waals surface area contributed by atoms with Crippen molar-refractivity contribution in [3.8, 4) is 0 Å². The van der Waals surface area contributed by atoms with Crippen LogP contribution >= 0.6 is 11.8 Å². The van der Waals surface area contributed by atoms with Crippen LogP contribution in [-0.2, 0) is 0 Å². The lowest BCUT2D eigenvalue weighted by Gasteiger charge is -2.22. The summed E-state index contributed by atoms with van der Waals surface area (Å²) in [6.07, 6.45) is 0. The fourth-order valence-corrected chi connectivity index (χ4v) is 3.58. The first-order chi connectivity index (χ1) is 10.1. The third-order valence-corrected chi connectivity index (χ3v) is 5.69. The summed E-state index contributed by atoms with van der Waals surface area (Å²) in [6, 6.07) is 15.9. The number of thioether (sulfide) groups is 1. The molecule has 0 bridgehead atoms. The largest absolute Gasteiger partial charge is 0.310 e. The predicted octanol–water partition coefficient (Wildman–Crippen LogP) is 5.27. The molecule has 0 fully saturated rings. The van der Waals surface area contributed by atoms with Gasteiger partial charge in [-0.1, -0.05) is 64.1 Å². The number of benzene rings is 2. The Hall–Kier alpha value is -0.990. The maximum absolute atomic E-state index is 3.64. The number of fused-ring (bicyclic) bond motifs is 1. The fraction of sp³-hybridized carbons (Fsp3) is 0.474. The van der Waals surface area contributed by atoms with Crippen LogP contribution in [0.3, 0.4) is 0 Å². The van der Waals surface area contributed by atoms with E-state index in [0.29, 0.717) is 11.3 Å². The zero-order valence-electron chi connectivity index (χ0n) is 13.6. The fourth-order valence-electron chi connectivity index (χ4n) is 2.38. The van der Waals surface area contributed by atoms with E-state index in [0.717, 1.165) is 18.2 Å². The second-order valence-electron chi connectivity index (χ2n) is 6.00. The van der Waals surface area contributed by atoms with Crippen LogP contribution in [0.15, 0.2) is 42.5 Å². The van der Waals surface area contributed by atoms with Gasteiger partial charge in [0.25, 0.3) is 0 Å². The van der Waals surface area contributed by atoms with E-state index in [-0.39, 0.29) is 0 Å². The molecule has 0 radical (unpaired) electrons. The highest BCUT2D eigenvalue weighted by atomic mass is 32.2. The second kappa shape index (κ2) is 7.86. The molecule has 0 saturated heterocycles. The van der Waals surface area contributed by atoms with Gasteiger partial charge in [-0.05, 0) is 34.9 Å². The minimum atomic E-state index is 0.436. The lowest BCUT2D eigenvalue weighted by molar-refractivity contribution is 0.599. The Morgan fingerprint density at radius 1 is 1.00 bits per heavy atom. The van der Waals surface area contributed by atoms with Crippen molar-refractivity contribution < 1.29 is 0 Å². The van der Waals surface area contributed by atoms with Gasteiger partial charge in [0.1, 0.15) is 0 Å². The normalized spacial score (nSPS) is 14.5. The Balaban J connectivity index is 2.15. The van der Waals surface area contributed by atoms with Crippen molar-refractivity contribution in [1.29, 1.82) is 0 Å². The zero-order valence-corrected chi connectivity index (χ0v) is 14.4. The highest BCUT2D eigenvalue weighted by molar-refractivity contribution is 7.99. The van der Waals surface area contributed by atoms with Gasteiger partial charge in [0, 0.05) is 17.0 Å². The molecule has 0 aliphatic carbocycles. The van der Waals surface area contributed by atoms with E-state index in [1.807, 2.05) is 0 Å². The van der Waals surface area contributed by atoms with E-state index in [9.17, 15) is 0 Å². The minimum Gasteiger partial charge on any atom is -0.310 e. The predicted molar refractivity (Wildman–Crippen MR) is 97.1 cm³/mol. The Labute approximate surface area is 133 Å². The van der Waals surface area contributed by atoms with Gasteiger partial charge in [0.15, 0.2) is 0 Å². The standard InChI is InChI=1S/C19H27NS/c1-5-20-19(13-21-15(4)14(2)3)18-11-10-16-8-6-7-9-17(16)12-18/h6-12,14-15,19-20H,5,13H2,1-4H3. The van der Waals surface area contributed by atoms with Gasteiger partial charge in [0.05, 0.1) is 0 Å². The van der Waals surface area contributed by atoms with E-state index in [1.54, 1.807) is 0 Å². The molecule has 2 unspecified atom stereocenters. The molecule has 2 heteroatoms. The van der Waals surface area contributed by atoms with Gasteiger partial charge < -0.3 is 5.32 Å². The zero-order chi connectivity index (χ0) is 15.2. The summed E-state index contributed by atoms with van der Waals surface area (Å²) in [5.41, 5.74) is 1.40. The highest BCUT2D eigenvalue weighted by Crippen LogP contribution is 2.27. The van der Waals surface area contributed by atoms with Gasteiger partial charge in [-0.3, -0.25) is 0 Å². The topological polar surface area (TPSA) is 12.0 Å². The molecule has 114 valence electrons. The molecule has 0 saturated carbocycles. The van der Waals surface area contributed by atoms with E-state index >= 15 is 0 Å². The van der Waals surface area contributed by atoms with Crippen molar-refractivity contribution in [2.45, 2.75) is 39.0 Å². The quantitative estimate of drug-likeness (QED) is 0.748. The van der Waals surface area contributed by atoms with E-state index in [4.69, 9.17) is 0 Å². The molecule has 0 heterocycles. The maximum Gasteiger partial charge on any atom is 0.0412 e. The molecule has 2 aromatic rings. The monoisotopic (exact) mass is 301 g/mol. The van der Waals surface area contributed by atoms with Crippen LogP contribution in [0.1, 0.15) is 39.3 Å². The summed E-state index contributed by atoms with van der Waals surface area (Å²) in [7, 11) is 0. The van der Waals surface area contributed by atoms with Gasteiger partial charge >= 0.3 is 0 Å². The molecule has 1 nitrogen and oxygen atoms in total. The van der Waals surface area contributed by atoms with Gasteiger partial charge in [0.2, 0.25) is 0 Å². The van der Waals surface area contributed by atoms with E-state index < -0.39 is 0 Å². The van der Waals surface area contributed by atoms with Crippen LogP contribution < -0.4 is 5.32 Å². The van der Waals surface area contributed by atoms with Gasteiger partial charge in [-0.25, -0.2) is 0 Å². The SMILES string of the molecule is CCNC(CSC(C)C(C)C)c1ccc2ccccc2c1. The summed E-state index contributed by atoms with van der Waals surface area (Å²) in [5.74, 6) is 1.86. The lowest BCUT2D eigenvalue weighted by atomic mass is 10.0. The Morgan fingerprint density at radius 2 is 1.71 bits per heavy atom. The summed E-state index contributed by atoms with van der Waals surface area (Å²) >= 11 is 2.07. The average molecular weight is 301 g/mol. The van der Waals surface area contributed by atoms with Gasteiger partial charge in [-0.15, -0.1) is 0 Å². The van der Waals surface area contributed by atoms with E-state index in [2.05, 4.69) is 87.2 Å². The van der Waals surface area contributed by atoms with Crippen molar-refractivity contribution in [1.82, 2.24) is 5.32 Å². The highest BCUT2D eigenvalue weighted by Gasteiger charge is 2.14. The summed E-state index contributed by atoms with van der Waals surface area (Å²) in [5, 5.41) is 6.99. The van der Waals surface area contributed by atoms with Crippen molar-refractivity contribution in [2.75, 3.05) is 12.3 Å². The van der Waals surface area contributed by atoms with Crippen molar-refractivity contribution in [2.24, 2.45) is 5.92 Å². The number of hydrogen-bond acceptors (Lipinski definition) is 2. The van der Waals surface area contributed by atoms with Crippen LogP contribution in [0.4, 0.5) is 0 Å². The van der Waals surface area contributed by atoms with Crippen LogP contribution in [-0.4, -0.2) is 17.5 Å². The number of hydrogen-bond donors (Lipinski definition) is 1. The van der Waals surface area contributed by atoms with Crippen LogP contribution in [0.25, 0.3) is 10.8 Å². The van der Waals surface area contributed by atoms with Crippen molar-refractivity contribution in [3.05, 3.63) is 48.0 Å². The summed E-state index contributed by atoms with van der Waals surface area (Å²) in [6.45, 7) is 10.1. The van der Waals surface area contributed by atoms with E-state index in [1.165, 1.54) is 16.3 Å². The van der Waals surface area contributed by atoms with Crippen molar-refractivity contribution in [3.63, 3.8) is 0 Å². The average Bonchev–Trinajstić information content (AvgIpc) is 2.50. The first-order valence-corrected chi connectivity index (χ1v) is 9.00. The lowest BCUT2D eigenvalue weighted by Crippen LogP contribution is -2.24. The molecule has 0 spiro atoms. The van der Waals surface area contributed by atoms with Crippen LogP contribution in [0.2, 0.25) is 0 Å². The molecule has 0 aromatic heterocycles. The number of rotatable bonds is 7. The summed E-state index contributed by atoms with van der Waals surface area (Å²) in [4.78, 5) is 0. The third-order valence-electron chi connectivity index (χ3n) is 4.09. The van der Waals surface area contributed by atoms with Crippen LogP contribution in [0, 0.1) is 5.92 Å². The number of nitrogens with one attached hydrogen (secondary N) is 1. The maximum atomic E-state index is 3.64. The molecular formula is C19H27NS. The first-order valence-electron chi connectivity index (χ1n) is 7.95. The van der Waals surface area contributed by atoms with Gasteiger partial charge in [-0.2, -0.15) is 11.8 Å². The molecular weight excluding hydrogens is 274 g/mol. The Bertz CT molecular complexity index is 564. The molecule has 0 amide bonds. The molecule has 0 aliphatic rings. The second-order valence-corrected chi connectivity index (χ2v) is 7.41. The molecule has 2 rings (SSSR count). The Kier molecular flexibility index (Phi) is 6.13. The third kappa shape index (κ3) is 4.49. The smallest absolute Gasteiger partial charge is 0.0412 e. The molecule has 1 N–H and O–H groups in total.